The van der Waals surface area contributed by atoms with Crippen molar-refractivity contribution in [3.8, 4) is 0 Å². The Balaban J connectivity index is 1.80. The van der Waals surface area contributed by atoms with Crippen LogP contribution in [-0.4, -0.2) is 41.2 Å². The third kappa shape index (κ3) is 6.55. The monoisotopic (exact) mass is 431 g/mol. The minimum Gasteiger partial charge on any atom is -0.342 e. The summed E-state index contributed by atoms with van der Waals surface area (Å²) in [6, 6.07) is 3.71. The average Bonchev–Trinajstić information content (AvgIpc) is 2.68. The molecule has 0 aromatic heterocycles. The van der Waals surface area contributed by atoms with E-state index in [4.69, 9.17) is 0 Å². The molecule has 162 valence electrons. The Morgan fingerprint density at radius 1 is 1.14 bits per heavy atom. The second kappa shape index (κ2) is 10.2. The molecule has 3 amide bonds. The van der Waals surface area contributed by atoms with Gasteiger partial charge in [-0.25, -0.2) is 4.79 Å². The Morgan fingerprint density at radius 2 is 1.69 bits per heavy atom. The van der Waals surface area contributed by atoms with Crippen LogP contribution in [0.25, 0.3) is 0 Å². The second-order valence-corrected chi connectivity index (χ2v) is 7.85. The zero-order valence-electron chi connectivity index (χ0n) is 16.6. The molecule has 0 saturated carbocycles. The van der Waals surface area contributed by atoms with Gasteiger partial charge in [0, 0.05) is 24.8 Å². The van der Waals surface area contributed by atoms with Gasteiger partial charge in [-0.3, -0.25) is 4.79 Å². The van der Waals surface area contributed by atoms with Gasteiger partial charge in [0.1, 0.15) is 0 Å². The predicted octanol–water partition coefficient (Wildman–Crippen LogP) is 4.55. The van der Waals surface area contributed by atoms with Gasteiger partial charge < -0.3 is 15.5 Å². The normalized spacial score (nSPS) is 16.6. The SMILES string of the molecule is CCC(CC)C(S)C(=O)N1CCC(NC(=O)Nc2ccc(C(F)(F)F)cc2)CC1. The van der Waals surface area contributed by atoms with E-state index in [1.807, 2.05) is 0 Å². The van der Waals surface area contributed by atoms with Crippen LogP contribution in [0.4, 0.5) is 23.7 Å². The predicted molar refractivity (Wildman–Crippen MR) is 110 cm³/mol. The van der Waals surface area contributed by atoms with Gasteiger partial charge in [-0.15, -0.1) is 0 Å². The van der Waals surface area contributed by atoms with Crippen molar-refractivity contribution in [3.63, 3.8) is 0 Å². The number of amides is 3. The summed E-state index contributed by atoms with van der Waals surface area (Å²) in [5.74, 6) is 0.283. The molecular weight excluding hydrogens is 403 g/mol. The van der Waals surface area contributed by atoms with Crippen LogP contribution in [0.1, 0.15) is 45.1 Å². The van der Waals surface area contributed by atoms with E-state index in [9.17, 15) is 22.8 Å². The van der Waals surface area contributed by atoms with Crippen LogP contribution >= 0.6 is 12.6 Å². The largest absolute Gasteiger partial charge is 0.416 e. The summed E-state index contributed by atoms with van der Waals surface area (Å²) in [6.07, 6.45) is -1.37. The van der Waals surface area contributed by atoms with E-state index in [1.54, 1.807) is 4.90 Å². The van der Waals surface area contributed by atoms with E-state index in [0.29, 0.717) is 25.9 Å². The average molecular weight is 432 g/mol. The molecular formula is C20H28F3N3O2S. The first kappa shape index (κ1) is 23.4. The van der Waals surface area contributed by atoms with Crippen molar-refractivity contribution in [2.45, 2.75) is 57.0 Å². The third-order valence-corrected chi connectivity index (χ3v) is 6.00. The molecule has 2 N–H and O–H groups in total. The third-order valence-electron chi connectivity index (χ3n) is 5.36. The molecule has 29 heavy (non-hydrogen) atoms. The lowest BCUT2D eigenvalue weighted by molar-refractivity contribution is -0.137. The number of anilines is 1. The van der Waals surface area contributed by atoms with Gasteiger partial charge in [0.05, 0.1) is 10.8 Å². The number of halogens is 3. The highest BCUT2D eigenvalue weighted by Gasteiger charge is 2.31. The molecule has 1 aromatic rings. The minimum atomic E-state index is -4.41. The van der Waals surface area contributed by atoms with E-state index < -0.39 is 17.8 Å². The van der Waals surface area contributed by atoms with Crippen molar-refractivity contribution in [1.29, 1.82) is 0 Å². The summed E-state index contributed by atoms with van der Waals surface area (Å²) in [5, 5.41) is 5.05. The quantitative estimate of drug-likeness (QED) is 0.579. The summed E-state index contributed by atoms with van der Waals surface area (Å²) in [6.45, 7) is 5.19. The fourth-order valence-corrected chi connectivity index (χ4v) is 4.05. The van der Waals surface area contributed by atoms with Crippen LogP contribution < -0.4 is 10.6 Å². The van der Waals surface area contributed by atoms with Crippen LogP contribution in [-0.2, 0) is 11.0 Å². The van der Waals surface area contributed by atoms with E-state index in [1.165, 1.54) is 12.1 Å². The summed E-state index contributed by atoms with van der Waals surface area (Å²) in [7, 11) is 0. The van der Waals surface area contributed by atoms with Gasteiger partial charge in [0.2, 0.25) is 5.91 Å². The first-order chi connectivity index (χ1) is 13.7. The highest BCUT2D eigenvalue weighted by atomic mass is 32.1. The lowest BCUT2D eigenvalue weighted by Gasteiger charge is -2.35. The number of likely N-dealkylation sites (tertiary alicyclic amines) is 1. The highest BCUT2D eigenvalue weighted by molar-refractivity contribution is 7.81. The maximum absolute atomic E-state index is 12.6. The van der Waals surface area contributed by atoms with E-state index in [2.05, 4.69) is 37.1 Å². The lowest BCUT2D eigenvalue weighted by Crippen LogP contribution is -2.50. The Kier molecular flexibility index (Phi) is 8.24. The number of carbonyl (C=O) groups is 2. The standard InChI is InChI=1S/C20H28F3N3O2S/c1-3-13(4-2)17(29)18(27)26-11-9-16(10-12-26)25-19(28)24-15-7-5-14(6-8-15)20(21,22)23/h5-8,13,16-17,29H,3-4,9-12H2,1-2H3,(H2,24,25,28). The number of carbonyl (C=O) groups excluding carboxylic acids is 2. The molecule has 1 unspecified atom stereocenters. The molecule has 1 aliphatic rings. The zero-order valence-corrected chi connectivity index (χ0v) is 17.5. The molecule has 2 rings (SSSR count). The lowest BCUT2D eigenvalue weighted by atomic mass is 9.97. The van der Waals surface area contributed by atoms with Crippen LogP contribution in [0.5, 0.6) is 0 Å². The molecule has 5 nitrogen and oxygen atoms in total. The molecule has 9 heteroatoms. The van der Waals surface area contributed by atoms with Crippen molar-refractivity contribution >= 4 is 30.3 Å². The molecule has 1 heterocycles. The Morgan fingerprint density at radius 3 is 2.17 bits per heavy atom. The van der Waals surface area contributed by atoms with Gasteiger partial charge in [-0.05, 0) is 43.0 Å². The first-order valence-corrected chi connectivity index (χ1v) is 10.4. The van der Waals surface area contributed by atoms with Crippen molar-refractivity contribution in [1.82, 2.24) is 10.2 Å². The number of urea groups is 1. The van der Waals surface area contributed by atoms with Gasteiger partial charge in [-0.1, -0.05) is 26.7 Å². The molecule has 0 aliphatic carbocycles. The van der Waals surface area contributed by atoms with Crippen molar-refractivity contribution in [3.05, 3.63) is 29.8 Å². The molecule has 0 bridgehead atoms. The van der Waals surface area contributed by atoms with Crippen LogP contribution in [0, 0.1) is 5.92 Å². The number of hydrogen-bond acceptors (Lipinski definition) is 3. The van der Waals surface area contributed by atoms with E-state index >= 15 is 0 Å². The number of hydrogen-bond donors (Lipinski definition) is 3. The maximum Gasteiger partial charge on any atom is 0.416 e. The van der Waals surface area contributed by atoms with Crippen LogP contribution in [0.2, 0.25) is 0 Å². The number of nitrogens with one attached hydrogen (secondary N) is 2. The van der Waals surface area contributed by atoms with Gasteiger partial charge >= 0.3 is 12.2 Å². The fraction of sp³-hybridized carbons (Fsp3) is 0.600. The second-order valence-electron chi connectivity index (χ2n) is 7.29. The van der Waals surface area contributed by atoms with Gasteiger partial charge in [0.15, 0.2) is 0 Å². The Labute approximate surface area is 174 Å². The molecule has 0 spiro atoms. The summed E-state index contributed by atoms with van der Waals surface area (Å²) in [4.78, 5) is 26.5. The number of nitrogens with zero attached hydrogens (tertiary/aromatic N) is 1. The highest BCUT2D eigenvalue weighted by Crippen LogP contribution is 2.29. The molecule has 1 fully saturated rings. The van der Waals surface area contributed by atoms with Gasteiger partial charge in [-0.2, -0.15) is 25.8 Å². The van der Waals surface area contributed by atoms with Crippen molar-refractivity contribution < 1.29 is 22.8 Å². The Bertz CT molecular complexity index is 685. The topological polar surface area (TPSA) is 61.4 Å². The fourth-order valence-electron chi connectivity index (χ4n) is 3.46. The van der Waals surface area contributed by atoms with E-state index in [-0.39, 0.29) is 28.8 Å². The molecule has 1 aliphatic heterocycles. The maximum atomic E-state index is 12.6. The zero-order chi connectivity index (χ0) is 21.6. The van der Waals surface area contributed by atoms with Crippen molar-refractivity contribution in [2.75, 3.05) is 18.4 Å². The number of alkyl halides is 3. The van der Waals surface area contributed by atoms with Crippen LogP contribution in [0.3, 0.4) is 0 Å². The smallest absolute Gasteiger partial charge is 0.342 e. The van der Waals surface area contributed by atoms with E-state index in [0.717, 1.165) is 25.0 Å². The first-order valence-electron chi connectivity index (χ1n) is 9.87. The van der Waals surface area contributed by atoms with Crippen LogP contribution in [0.15, 0.2) is 24.3 Å². The molecule has 1 atom stereocenters. The number of rotatable bonds is 6. The Hall–Kier alpha value is -1.90. The summed E-state index contributed by atoms with van der Waals surface area (Å²) < 4.78 is 37.7. The summed E-state index contributed by atoms with van der Waals surface area (Å²) >= 11 is 4.51. The number of benzene rings is 1. The molecule has 0 radical (unpaired) electrons. The van der Waals surface area contributed by atoms with Gasteiger partial charge in [0.25, 0.3) is 0 Å². The summed E-state index contributed by atoms with van der Waals surface area (Å²) in [5.41, 5.74) is -0.484. The van der Waals surface area contributed by atoms with Crippen molar-refractivity contribution in [2.24, 2.45) is 5.92 Å². The number of thiol groups is 1. The minimum absolute atomic E-state index is 0.0367. The molecule has 1 aromatic carbocycles. The molecule has 1 saturated heterocycles. The number of piperidine rings is 1.